The minimum atomic E-state index is 0.822. The van der Waals surface area contributed by atoms with E-state index >= 15 is 0 Å². The molecule has 1 aromatic carbocycles. The summed E-state index contributed by atoms with van der Waals surface area (Å²) in [6.45, 7) is 4.24. The maximum atomic E-state index is 4.48. The zero-order valence-electron chi connectivity index (χ0n) is 12.2. The molecule has 0 N–H and O–H groups in total. The van der Waals surface area contributed by atoms with Crippen molar-refractivity contribution in [1.29, 1.82) is 0 Å². The SMILES string of the molecule is Cc1ccc(C)c(-n2ccnc2SCc2ccccn2)c1. The molecule has 3 rings (SSSR count). The number of hydrogen-bond donors (Lipinski definition) is 0. The Morgan fingerprint density at radius 2 is 1.95 bits per heavy atom. The molecule has 0 aliphatic heterocycles. The molecule has 3 nitrogen and oxygen atoms in total. The van der Waals surface area contributed by atoms with Crippen molar-refractivity contribution in [3.8, 4) is 5.69 Å². The molecule has 0 amide bonds. The van der Waals surface area contributed by atoms with Gasteiger partial charge in [0.1, 0.15) is 0 Å². The van der Waals surface area contributed by atoms with E-state index < -0.39 is 0 Å². The Morgan fingerprint density at radius 1 is 1.05 bits per heavy atom. The molecule has 2 aromatic heterocycles. The summed E-state index contributed by atoms with van der Waals surface area (Å²) in [6, 6.07) is 12.5. The maximum absolute atomic E-state index is 4.48. The van der Waals surface area contributed by atoms with Crippen LogP contribution in [-0.4, -0.2) is 14.5 Å². The molecular weight excluding hydrogens is 278 g/mol. The van der Waals surface area contributed by atoms with E-state index in [1.165, 1.54) is 16.8 Å². The van der Waals surface area contributed by atoms with Gasteiger partial charge >= 0.3 is 0 Å². The van der Waals surface area contributed by atoms with Crippen LogP contribution < -0.4 is 0 Å². The summed E-state index contributed by atoms with van der Waals surface area (Å²) in [4.78, 5) is 8.83. The van der Waals surface area contributed by atoms with E-state index in [4.69, 9.17) is 0 Å². The second-order valence-electron chi connectivity index (χ2n) is 4.98. The zero-order chi connectivity index (χ0) is 14.7. The summed E-state index contributed by atoms with van der Waals surface area (Å²) in [5.41, 5.74) is 4.76. The molecule has 0 spiro atoms. The fourth-order valence-corrected chi connectivity index (χ4v) is 3.06. The molecule has 0 aliphatic rings. The Balaban J connectivity index is 1.86. The number of nitrogens with zero attached hydrogens (tertiary/aromatic N) is 3. The van der Waals surface area contributed by atoms with Crippen molar-refractivity contribution in [2.75, 3.05) is 0 Å². The first kappa shape index (κ1) is 13.9. The number of aryl methyl sites for hydroxylation is 2. The topological polar surface area (TPSA) is 30.7 Å². The van der Waals surface area contributed by atoms with Crippen molar-refractivity contribution in [1.82, 2.24) is 14.5 Å². The molecule has 106 valence electrons. The molecule has 0 aliphatic carbocycles. The smallest absolute Gasteiger partial charge is 0.172 e. The average Bonchev–Trinajstić information content (AvgIpc) is 2.97. The van der Waals surface area contributed by atoms with Crippen molar-refractivity contribution >= 4 is 11.8 Å². The van der Waals surface area contributed by atoms with Gasteiger partial charge in [-0.15, -0.1) is 0 Å². The molecular formula is C17H17N3S. The summed E-state index contributed by atoms with van der Waals surface area (Å²) >= 11 is 1.71. The van der Waals surface area contributed by atoms with E-state index in [1.54, 1.807) is 11.8 Å². The second-order valence-corrected chi connectivity index (χ2v) is 5.92. The molecule has 0 saturated carbocycles. The lowest BCUT2D eigenvalue weighted by Crippen LogP contribution is -1.99. The van der Waals surface area contributed by atoms with Crippen LogP contribution in [0.15, 0.2) is 60.1 Å². The Kier molecular flexibility index (Phi) is 4.06. The minimum absolute atomic E-state index is 0.822. The standard InChI is InChI=1S/C17H17N3S/c1-13-6-7-14(2)16(11-13)20-10-9-19-17(20)21-12-15-5-3-4-8-18-15/h3-11H,12H2,1-2H3. The number of pyridine rings is 1. The summed E-state index contributed by atoms with van der Waals surface area (Å²) < 4.78 is 2.15. The van der Waals surface area contributed by atoms with Crippen molar-refractivity contribution in [3.05, 3.63) is 71.8 Å². The van der Waals surface area contributed by atoms with Crippen molar-refractivity contribution in [3.63, 3.8) is 0 Å². The first-order valence-electron chi connectivity index (χ1n) is 6.88. The lowest BCUT2D eigenvalue weighted by atomic mass is 10.1. The molecule has 0 radical (unpaired) electrons. The third kappa shape index (κ3) is 3.16. The molecule has 4 heteroatoms. The predicted molar refractivity (Wildman–Crippen MR) is 86.8 cm³/mol. The Hall–Kier alpha value is -2.07. The fourth-order valence-electron chi connectivity index (χ4n) is 2.18. The quantitative estimate of drug-likeness (QED) is 0.677. The second kappa shape index (κ2) is 6.14. The van der Waals surface area contributed by atoms with Crippen LogP contribution in [0.2, 0.25) is 0 Å². The monoisotopic (exact) mass is 295 g/mol. The lowest BCUT2D eigenvalue weighted by molar-refractivity contribution is 0.885. The van der Waals surface area contributed by atoms with E-state index in [0.717, 1.165) is 16.6 Å². The van der Waals surface area contributed by atoms with E-state index in [-0.39, 0.29) is 0 Å². The van der Waals surface area contributed by atoms with E-state index in [2.05, 4.69) is 46.6 Å². The molecule has 0 saturated heterocycles. The van der Waals surface area contributed by atoms with Gasteiger partial charge in [0.25, 0.3) is 0 Å². The van der Waals surface area contributed by atoms with Crippen LogP contribution in [0, 0.1) is 13.8 Å². The maximum Gasteiger partial charge on any atom is 0.172 e. The van der Waals surface area contributed by atoms with Crippen LogP contribution in [0.1, 0.15) is 16.8 Å². The van der Waals surface area contributed by atoms with Crippen molar-refractivity contribution < 1.29 is 0 Å². The minimum Gasteiger partial charge on any atom is -0.295 e. The highest BCUT2D eigenvalue weighted by atomic mass is 32.2. The van der Waals surface area contributed by atoms with Gasteiger partial charge < -0.3 is 0 Å². The van der Waals surface area contributed by atoms with Crippen LogP contribution >= 0.6 is 11.8 Å². The van der Waals surface area contributed by atoms with Gasteiger partial charge in [-0.1, -0.05) is 30.0 Å². The Labute approximate surface area is 129 Å². The van der Waals surface area contributed by atoms with Crippen LogP contribution in [-0.2, 0) is 5.75 Å². The highest BCUT2D eigenvalue weighted by molar-refractivity contribution is 7.98. The third-order valence-corrected chi connectivity index (χ3v) is 4.31. The van der Waals surface area contributed by atoms with Gasteiger partial charge in [0.15, 0.2) is 5.16 Å². The largest absolute Gasteiger partial charge is 0.295 e. The zero-order valence-corrected chi connectivity index (χ0v) is 13.0. The van der Waals surface area contributed by atoms with Crippen LogP contribution in [0.5, 0.6) is 0 Å². The van der Waals surface area contributed by atoms with E-state index in [0.29, 0.717) is 0 Å². The van der Waals surface area contributed by atoms with Crippen LogP contribution in [0.4, 0.5) is 0 Å². The molecule has 2 heterocycles. The molecule has 0 fully saturated rings. The molecule has 0 bridgehead atoms. The molecule has 3 aromatic rings. The van der Waals surface area contributed by atoms with Crippen molar-refractivity contribution in [2.24, 2.45) is 0 Å². The first-order valence-corrected chi connectivity index (χ1v) is 7.86. The number of aromatic nitrogens is 3. The number of thioether (sulfide) groups is 1. The van der Waals surface area contributed by atoms with Gasteiger partial charge in [0.05, 0.1) is 11.4 Å². The highest BCUT2D eigenvalue weighted by Gasteiger charge is 2.08. The van der Waals surface area contributed by atoms with Crippen LogP contribution in [0.25, 0.3) is 5.69 Å². The van der Waals surface area contributed by atoms with Gasteiger partial charge in [0, 0.05) is 24.3 Å². The number of benzene rings is 1. The summed E-state index contributed by atoms with van der Waals surface area (Å²) in [5.74, 6) is 0.822. The van der Waals surface area contributed by atoms with Gasteiger partial charge in [-0.3, -0.25) is 9.55 Å². The van der Waals surface area contributed by atoms with Crippen LogP contribution in [0.3, 0.4) is 0 Å². The van der Waals surface area contributed by atoms with Gasteiger partial charge in [-0.05, 0) is 43.2 Å². The fraction of sp³-hybridized carbons (Fsp3) is 0.176. The van der Waals surface area contributed by atoms with Gasteiger partial charge in [0.2, 0.25) is 0 Å². The summed E-state index contributed by atoms with van der Waals surface area (Å²) in [7, 11) is 0. The average molecular weight is 295 g/mol. The molecule has 21 heavy (non-hydrogen) atoms. The third-order valence-electron chi connectivity index (χ3n) is 3.31. The first-order chi connectivity index (χ1) is 10.2. The van der Waals surface area contributed by atoms with Gasteiger partial charge in [-0.2, -0.15) is 0 Å². The Morgan fingerprint density at radius 3 is 2.76 bits per heavy atom. The van der Waals surface area contributed by atoms with Crippen molar-refractivity contribution in [2.45, 2.75) is 24.8 Å². The number of hydrogen-bond acceptors (Lipinski definition) is 3. The normalized spacial score (nSPS) is 10.8. The number of imidazole rings is 1. The predicted octanol–water partition coefficient (Wildman–Crippen LogP) is 4.18. The summed E-state index contributed by atoms with van der Waals surface area (Å²) in [5, 5.41) is 0.995. The highest BCUT2D eigenvalue weighted by Crippen LogP contribution is 2.25. The van der Waals surface area contributed by atoms with E-state index in [1.807, 2.05) is 36.8 Å². The summed E-state index contributed by atoms with van der Waals surface area (Å²) in [6.07, 6.45) is 5.69. The molecule has 0 unspecified atom stereocenters. The lowest BCUT2D eigenvalue weighted by Gasteiger charge is -2.11. The Bertz CT molecular complexity index is 735. The molecule has 0 atom stereocenters. The number of rotatable bonds is 4. The van der Waals surface area contributed by atoms with Gasteiger partial charge in [-0.25, -0.2) is 4.98 Å². The van der Waals surface area contributed by atoms with E-state index in [9.17, 15) is 0 Å².